The SMILES string of the molecule is C=C/C=C(/C(=O)CC)N(/C=C(\C)C(=C)NCc1cc(F)cc(F)c1)CC(CC)NC. The van der Waals surface area contributed by atoms with Gasteiger partial charge in [0.15, 0.2) is 5.78 Å². The molecular weight excluding hydrogens is 384 g/mol. The summed E-state index contributed by atoms with van der Waals surface area (Å²) < 4.78 is 26.8. The number of carbonyl (C=O) groups is 1. The summed E-state index contributed by atoms with van der Waals surface area (Å²) in [6.07, 6.45) is 6.45. The first-order chi connectivity index (χ1) is 14.2. The average molecular weight is 418 g/mol. The van der Waals surface area contributed by atoms with Crippen molar-refractivity contribution in [2.45, 2.75) is 46.2 Å². The molecule has 0 aromatic heterocycles. The molecule has 0 aliphatic heterocycles. The third-order valence-corrected chi connectivity index (χ3v) is 4.76. The second-order valence-electron chi connectivity index (χ2n) is 7.03. The van der Waals surface area contributed by atoms with Gasteiger partial charge in [0.1, 0.15) is 11.6 Å². The predicted molar refractivity (Wildman–Crippen MR) is 120 cm³/mol. The molecule has 0 radical (unpaired) electrons. The molecule has 0 heterocycles. The third-order valence-electron chi connectivity index (χ3n) is 4.76. The maximum Gasteiger partial charge on any atom is 0.178 e. The molecule has 0 spiro atoms. The van der Waals surface area contributed by atoms with Gasteiger partial charge in [-0.25, -0.2) is 8.78 Å². The van der Waals surface area contributed by atoms with Crippen molar-refractivity contribution in [2.75, 3.05) is 13.6 Å². The maximum absolute atomic E-state index is 13.4. The van der Waals surface area contributed by atoms with E-state index in [1.165, 1.54) is 12.1 Å². The van der Waals surface area contributed by atoms with Crippen molar-refractivity contribution in [3.05, 3.63) is 83.9 Å². The van der Waals surface area contributed by atoms with Crippen LogP contribution < -0.4 is 10.6 Å². The van der Waals surface area contributed by atoms with Gasteiger partial charge in [-0.2, -0.15) is 0 Å². The summed E-state index contributed by atoms with van der Waals surface area (Å²) in [6, 6.07) is 3.57. The molecule has 0 saturated heterocycles. The summed E-state index contributed by atoms with van der Waals surface area (Å²) in [7, 11) is 1.89. The Labute approximate surface area is 179 Å². The Balaban J connectivity index is 3.07. The third kappa shape index (κ3) is 7.95. The Morgan fingerprint density at radius 1 is 1.23 bits per heavy atom. The Bertz CT molecular complexity index is 790. The second-order valence-corrected chi connectivity index (χ2v) is 7.03. The van der Waals surface area contributed by atoms with Gasteiger partial charge < -0.3 is 15.5 Å². The van der Waals surface area contributed by atoms with E-state index >= 15 is 0 Å². The number of hydrogen-bond acceptors (Lipinski definition) is 4. The molecule has 1 aromatic rings. The van der Waals surface area contributed by atoms with E-state index in [0.29, 0.717) is 29.9 Å². The van der Waals surface area contributed by atoms with Gasteiger partial charge in [-0.1, -0.05) is 33.1 Å². The Morgan fingerprint density at radius 2 is 1.87 bits per heavy atom. The fourth-order valence-electron chi connectivity index (χ4n) is 2.90. The molecule has 1 rings (SSSR count). The molecule has 1 atom stereocenters. The van der Waals surface area contributed by atoms with Gasteiger partial charge in [0, 0.05) is 43.5 Å². The Hall–Kier alpha value is -2.73. The molecule has 1 aromatic carbocycles. The highest BCUT2D eigenvalue weighted by molar-refractivity contribution is 5.95. The summed E-state index contributed by atoms with van der Waals surface area (Å²) in [4.78, 5) is 14.4. The normalized spacial score (nSPS) is 13.0. The number of benzene rings is 1. The van der Waals surface area contributed by atoms with Crippen LogP contribution in [0, 0.1) is 11.6 Å². The van der Waals surface area contributed by atoms with E-state index < -0.39 is 11.6 Å². The molecular formula is C24H33F2N3O. The number of rotatable bonds is 13. The van der Waals surface area contributed by atoms with E-state index in [4.69, 9.17) is 0 Å². The van der Waals surface area contributed by atoms with Crippen LogP contribution in [0.3, 0.4) is 0 Å². The molecule has 2 N–H and O–H groups in total. The quantitative estimate of drug-likeness (QED) is 0.357. The zero-order valence-corrected chi connectivity index (χ0v) is 18.4. The van der Waals surface area contributed by atoms with Crippen LogP contribution in [0.2, 0.25) is 0 Å². The smallest absolute Gasteiger partial charge is 0.178 e. The fourth-order valence-corrected chi connectivity index (χ4v) is 2.90. The van der Waals surface area contributed by atoms with Crippen molar-refractivity contribution >= 4 is 5.78 Å². The lowest BCUT2D eigenvalue weighted by molar-refractivity contribution is -0.116. The lowest BCUT2D eigenvalue weighted by Crippen LogP contribution is -2.38. The van der Waals surface area contributed by atoms with E-state index in [2.05, 4.69) is 30.7 Å². The van der Waals surface area contributed by atoms with Crippen LogP contribution in [-0.2, 0) is 11.3 Å². The first-order valence-electron chi connectivity index (χ1n) is 10.1. The minimum absolute atomic E-state index is 0.0127. The molecule has 0 aliphatic rings. The van der Waals surface area contributed by atoms with Crippen molar-refractivity contribution in [1.82, 2.24) is 15.5 Å². The van der Waals surface area contributed by atoms with Crippen LogP contribution in [0.1, 0.15) is 39.2 Å². The highest BCUT2D eigenvalue weighted by atomic mass is 19.1. The van der Waals surface area contributed by atoms with Gasteiger partial charge in [0.2, 0.25) is 0 Å². The molecule has 0 aliphatic carbocycles. The van der Waals surface area contributed by atoms with Gasteiger partial charge in [-0.15, -0.1) is 0 Å². The fraction of sp³-hybridized carbons (Fsp3) is 0.375. The zero-order valence-electron chi connectivity index (χ0n) is 18.4. The van der Waals surface area contributed by atoms with Crippen molar-refractivity contribution in [1.29, 1.82) is 0 Å². The van der Waals surface area contributed by atoms with Crippen molar-refractivity contribution in [2.24, 2.45) is 0 Å². The van der Waals surface area contributed by atoms with Gasteiger partial charge in [0.25, 0.3) is 0 Å². The second kappa shape index (κ2) is 12.8. The molecule has 0 amide bonds. The molecule has 1 unspecified atom stereocenters. The molecule has 164 valence electrons. The summed E-state index contributed by atoms with van der Waals surface area (Å²) in [5, 5.41) is 6.34. The van der Waals surface area contributed by atoms with E-state index in [1.807, 2.05) is 32.0 Å². The topological polar surface area (TPSA) is 44.4 Å². The highest BCUT2D eigenvalue weighted by Crippen LogP contribution is 2.16. The highest BCUT2D eigenvalue weighted by Gasteiger charge is 2.18. The van der Waals surface area contributed by atoms with E-state index in [0.717, 1.165) is 18.1 Å². The summed E-state index contributed by atoms with van der Waals surface area (Å²) in [5.41, 5.74) is 2.44. The molecule has 6 heteroatoms. The van der Waals surface area contributed by atoms with Crippen molar-refractivity contribution in [3.8, 4) is 0 Å². The maximum atomic E-state index is 13.4. The van der Waals surface area contributed by atoms with Gasteiger partial charge >= 0.3 is 0 Å². The van der Waals surface area contributed by atoms with Gasteiger partial charge in [-0.3, -0.25) is 4.79 Å². The average Bonchev–Trinajstić information content (AvgIpc) is 2.71. The zero-order chi connectivity index (χ0) is 22.7. The largest absolute Gasteiger partial charge is 0.381 e. The molecule has 0 fully saturated rings. The van der Waals surface area contributed by atoms with Crippen LogP contribution in [0.25, 0.3) is 0 Å². The molecule has 0 saturated carbocycles. The number of Topliss-reactive ketones (excluding diaryl/α,β-unsaturated/α-hetero) is 1. The molecule has 30 heavy (non-hydrogen) atoms. The van der Waals surface area contributed by atoms with E-state index in [1.54, 1.807) is 12.2 Å². The van der Waals surface area contributed by atoms with Crippen LogP contribution in [0.5, 0.6) is 0 Å². The number of nitrogens with zero attached hydrogens (tertiary/aromatic N) is 1. The minimum atomic E-state index is -0.620. The van der Waals surface area contributed by atoms with Crippen molar-refractivity contribution in [3.63, 3.8) is 0 Å². The van der Waals surface area contributed by atoms with Crippen LogP contribution >= 0.6 is 0 Å². The lowest BCUT2D eigenvalue weighted by Gasteiger charge is -2.28. The Kier molecular flexibility index (Phi) is 10.8. The first kappa shape index (κ1) is 25.3. The number of halogens is 2. The predicted octanol–water partition coefficient (Wildman–Crippen LogP) is 4.82. The van der Waals surface area contributed by atoms with Gasteiger partial charge in [-0.05, 0) is 49.7 Å². The number of ketones is 1. The number of likely N-dealkylation sites (N-methyl/N-ethyl adjacent to an activating group) is 1. The Morgan fingerprint density at radius 3 is 2.37 bits per heavy atom. The number of allylic oxidation sites excluding steroid dienone is 4. The number of hydrogen-bond donors (Lipinski definition) is 2. The van der Waals surface area contributed by atoms with Crippen LogP contribution in [-0.4, -0.2) is 30.3 Å². The van der Waals surface area contributed by atoms with Crippen LogP contribution in [0.15, 0.2) is 66.7 Å². The standard InChI is InChI=1S/C24H33F2N3O/c1-7-10-23(24(30)9-3)29(16-22(8-2)27-6)15-17(4)18(5)28-14-19-11-20(25)13-21(26)12-19/h7,10-13,15,22,27-28H,1,5,8-9,14,16H2,2-4,6H3/b17-15+,23-10-. The lowest BCUT2D eigenvalue weighted by atomic mass is 10.1. The summed E-state index contributed by atoms with van der Waals surface area (Å²) >= 11 is 0. The summed E-state index contributed by atoms with van der Waals surface area (Å²) in [6.45, 7) is 14.3. The van der Waals surface area contributed by atoms with Gasteiger partial charge in [0.05, 0.1) is 5.70 Å². The minimum Gasteiger partial charge on any atom is -0.381 e. The number of nitrogens with one attached hydrogen (secondary N) is 2. The first-order valence-corrected chi connectivity index (χ1v) is 10.1. The molecule has 4 nitrogen and oxygen atoms in total. The molecule has 0 bridgehead atoms. The van der Waals surface area contributed by atoms with E-state index in [-0.39, 0.29) is 18.4 Å². The monoisotopic (exact) mass is 417 g/mol. The number of carbonyl (C=O) groups excluding carboxylic acids is 1. The van der Waals surface area contributed by atoms with E-state index in [9.17, 15) is 13.6 Å². The van der Waals surface area contributed by atoms with Crippen LogP contribution in [0.4, 0.5) is 8.78 Å². The van der Waals surface area contributed by atoms with Crippen molar-refractivity contribution < 1.29 is 13.6 Å². The summed E-state index contributed by atoms with van der Waals surface area (Å²) in [5.74, 6) is -1.23.